The summed E-state index contributed by atoms with van der Waals surface area (Å²) in [4.78, 5) is 13.1. The van der Waals surface area contributed by atoms with Crippen LogP contribution in [0.4, 0.5) is 4.39 Å². The fourth-order valence-electron chi connectivity index (χ4n) is 3.07. The van der Waals surface area contributed by atoms with E-state index in [4.69, 9.17) is 4.74 Å². The predicted octanol–water partition coefficient (Wildman–Crippen LogP) is 3.78. The molecule has 0 amide bonds. The van der Waals surface area contributed by atoms with Crippen LogP contribution in [0.5, 0.6) is 0 Å². The molecule has 0 radical (unpaired) electrons. The fraction of sp³-hybridized carbons (Fsp3) is 0.250. The number of aryl methyl sites for hydroxylation is 1. The summed E-state index contributed by atoms with van der Waals surface area (Å²) in [5.74, 6) is -0.368. The van der Waals surface area contributed by atoms with Crippen LogP contribution in [-0.2, 0) is 19.4 Å². The van der Waals surface area contributed by atoms with E-state index >= 15 is 0 Å². The Kier molecular flexibility index (Phi) is 4.27. The van der Waals surface area contributed by atoms with Gasteiger partial charge >= 0.3 is 0 Å². The number of hydrogen-bond donors (Lipinski definition) is 0. The molecular weight excluding hydrogens is 355 g/mol. The average Bonchev–Trinajstić information content (AvgIpc) is 2.76. The number of rotatable bonds is 3. The standard InChI is InChI=1S/C20H19FO4S/c1-12-10-14(8-9-16(12)26(4,23)24)18-17(19(22)20(2,3)25-18)13-6-5-7-15(21)11-13/h5-11H,1-4H3. The molecule has 0 unspecified atom stereocenters. The summed E-state index contributed by atoms with van der Waals surface area (Å²) < 4.78 is 43.2. The number of sulfone groups is 1. The second kappa shape index (κ2) is 6.06. The van der Waals surface area contributed by atoms with Crippen molar-refractivity contribution in [1.29, 1.82) is 0 Å². The number of benzene rings is 2. The third-order valence-electron chi connectivity index (χ3n) is 4.31. The molecule has 4 nitrogen and oxygen atoms in total. The zero-order valence-corrected chi connectivity index (χ0v) is 15.8. The van der Waals surface area contributed by atoms with Gasteiger partial charge < -0.3 is 4.74 Å². The van der Waals surface area contributed by atoms with Crippen molar-refractivity contribution in [2.75, 3.05) is 6.26 Å². The topological polar surface area (TPSA) is 60.4 Å². The monoisotopic (exact) mass is 374 g/mol. The van der Waals surface area contributed by atoms with E-state index in [9.17, 15) is 17.6 Å². The normalized spacial score (nSPS) is 16.7. The molecule has 3 rings (SSSR count). The molecule has 0 atom stereocenters. The number of hydrogen-bond acceptors (Lipinski definition) is 4. The number of ketones is 1. The molecule has 0 bridgehead atoms. The zero-order valence-electron chi connectivity index (χ0n) is 15.0. The molecule has 1 aliphatic rings. The van der Waals surface area contributed by atoms with Crippen LogP contribution in [0.1, 0.15) is 30.5 Å². The highest BCUT2D eigenvalue weighted by atomic mass is 32.2. The zero-order chi connectivity index (χ0) is 19.3. The number of ether oxygens (including phenoxy) is 1. The van der Waals surface area contributed by atoms with Gasteiger partial charge in [0.1, 0.15) is 11.6 Å². The smallest absolute Gasteiger partial charge is 0.210 e. The maximum absolute atomic E-state index is 13.7. The minimum absolute atomic E-state index is 0.220. The Labute approximate surface area is 152 Å². The molecule has 0 saturated carbocycles. The van der Waals surface area contributed by atoms with Crippen LogP contribution in [0.15, 0.2) is 47.4 Å². The third kappa shape index (κ3) is 3.17. The van der Waals surface area contributed by atoms with Crippen molar-refractivity contribution in [2.24, 2.45) is 0 Å². The van der Waals surface area contributed by atoms with E-state index < -0.39 is 21.3 Å². The molecule has 136 valence electrons. The Hall–Kier alpha value is -2.47. The highest BCUT2D eigenvalue weighted by Gasteiger charge is 2.43. The van der Waals surface area contributed by atoms with Crippen molar-refractivity contribution in [2.45, 2.75) is 31.3 Å². The highest BCUT2D eigenvalue weighted by Crippen LogP contribution is 2.41. The van der Waals surface area contributed by atoms with Gasteiger partial charge in [-0.1, -0.05) is 12.1 Å². The van der Waals surface area contributed by atoms with Gasteiger partial charge in [0, 0.05) is 11.8 Å². The summed E-state index contributed by atoms with van der Waals surface area (Å²) in [5.41, 5.74) is 0.770. The van der Waals surface area contributed by atoms with Crippen LogP contribution in [-0.4, -0.2) is 26.1 Å². The fourth-order valence-corrected chi connectivity index (χ4v) is 4.03. The van der Waals surface area contributed by atoms with Crippen molar-refractivity contribution in [3.63, 3.8) is 0 Å². The van der Waals surface area contributed by atoms with E-state index in [-0.39, 0.29) is 10.7 Å². The summed E-state index contributed by atoms with van der Waals surface area (Å²) in [7, 11) is -3.35. The van der Waals surface area contributed by atoms with E-state index in [2.05, 4.69) is 0 Å². The number of carbonyl (C=O) groups is 1. The van der Waals surface area contributed by atoms with E-state index in [0.717, 1.165) is 6.26 Å². The maximum Gasteiger partial charge on any atom is 0.210 e. The van der Waals surface area contributed by atoms with Gasteiger partial charge in [-0.3, -0.25) is 4.79 Å². The van der Waals surface area contributed by atoms with E-state index in [1.54, 1.807) is 39.0 Å². The van der Waals surface area contributed by atoms with Gasteiger partial charge in [-0.2, -0.15) is 0 Å². The van der Waals surface area contributed by atoms with Crippen molar-refractivity contribution in [1.82, 2.24) is 0 Å². The molecule has 1 heterocycles. The minimum Gasteiger partial charge on any atom is -0.478 e. The Balaban J connectivity index is 2.22. The molecule has 1 aliphatic heterocycles. The van der Waals surface area contributed by atoms with Gasteiger partial charge in [0.2, 0.25) is 5.78 Å². The third-order valence-corrected chi connectivity index (χ3v) is 5.57. The molecule has 2 aromatic rings. The van der Waals surface area contributed by atoms with Crippen LogP contribution in [0.2, 0.25) is 0 Å². The van der Waals surface area contributed by atoms with Gasteiger partial charge in [-0.15, -0.1) is 0 Å². The number of halogens is 1. The van der Waals surface area contributed by atoms with Crippen LogP contribution in [0, 0.1) is 12.7 Å². The summed E-state index contributed by atoms with van der Waals surface area (Å²) in [6.07, 6.45) is 1.14. The highest BCUT2D eigenvalue weighted by molar-refractivity contribution is 7.90. The second-order valence-electron chi connectivity index (χ2n) is 6.91. The summed E-state index contributed by atoms with van der Waals surface area (Å²) in [6.45, 7) is 4.99. The number of Topliss-reactive ketones (excluding diaryl/α,β-unsaturated/α-hetero) is 1. The molecule has 6 heteroatoms. The Morgan fingerprint density at radius 3 is 2.31 bits per heavy atom. The molecule has 0 saturated heterocycles. The van der Waals surface area contributed by atoms with E-state index in [0.29, 0.717) is 28.0 Å². The van der Waals surface area contributed by atoms with Gasteiger partial charge in [0.05, 0.1) is 10.5 Å². The Bertz CT molecular complexity index is 1050. The molecule has 0 fully saturated rings. The molecule has 0 aromatic heterocycles. The van der Waals surface area contributed by atoms with Gasteiger partial charge in [0.15, 0.2) is 15.4 Å². The van der Waals surface area contributed by atoms with E-state index in [1.807, 2.05) is 0 Å². The Morgan fingerprint density at radius 2 is 1.73 bits per heavy atom. The lowest BCUT2D eigenvalue weighted by Gasteiger charge is -2.18. The van der Waals surface area contributed by atoms with Gasteiger partial charge in [-0.25, -0.2) is 12.8 Å². The summed E-state index contributed by atoms with van der Waals surface area (Å²) in [6, 6.07) is 10.5. The molecule has 2 aromatic carbocycles. The minimum atomic E-state index is -3.35. The van der Waals surface area contributed by atoms with Crippen LogP contribution < -0.4 is 0 Å². The summed E-state index contributed by atoms with van der Waals surface area (Å²) in [5, 5.41) is 0. The van der Waals surface area contributed by atoms with Crippen molar-refractivity contribution in [3.05, 3.63) is 65.0 Å². The van der Waals surface area contributed by atoms with Gasteiger partial charge in [0.25, 0.3) is 0 Å². The first-order valence-corrected chi connectivity index (χ1v) is 9.95. The first kappa shape index (κ1) is 18.3. The van der Waals surface area contributed by atoms with E-state index in [1.165, 1.54) is 24.3 Å². The second-order valence-corrected chi connectivity index (χ2v) is 8.89. The van der Waals surface area contributed by atoms with Crippen molar-refractivity contribution >= 4 is 27.0 Å². The quantitative estimate of drug-likeness (QED) is 0.820. The molecule has 0 N–H and O–H groups in total. The van der Waals surface area contributed by atoms with Crippen LogP contribution in [0.25, 0.3) is 11.3 Å². The molecular formula is C20H19FO4S. The van der Waals surface area contributed by atoms with Gasteiger partial charge in [-0.05, 0) is 62.2 Å². The summed E-state index contributed by atoms with van der Waals surface area (Å²) >= 11 is 0. The average molecular weight is 374 g/mol. The molecule has 0 aliphatic carbocycles. The Morgan fingerprint density at radius 1 is 1.04 bits per heavy atom. The van der Waals surface area contributed by atoms with Crippen molar-refractivity contribution < 1.29 is 22.3 Å². The molecule has 0 spiro atoms. The van der Waals surface area contributed by atoms with Crippen molar-refractivity contribution in [3.8, 4) is 0 Å². The largest absolute Gasteiger partial charge is 0.478 e. The first-order chi connectivity index (χ1) is 12.0. The molecule has 26 heavy (non-hydrogen) atoms. The lowest BCUT2D eigenvalue weighted by Crippen LogP contribution is -2.29. The lowest BCUT2D eigenvalue weighted by molar-refractivity contribution is -0.125. The lowest BCUT2D eigenvalue weighted by atomic mass is 9.92. The SMILES string of the molecule is Cc1cc(C2=C(c3cccc(F)c3)C(=O)C(C)(C)O2)ccc1S(C)(=O)=O. The predicted molar refractivity (Wildman–Crippen MR) is 97.7 cm³/mol. The van der Waals surface area contributed by atoms with Crippen LogP contribution >= 0.6 is 0 Å². The van der Waals surface area contributed by atoms with Crippen LogP contribution in [0.3, 0.4) is 0 Å². The maximum atomic E-state index is 13.7. The first-order valence-electron chi connectivity index (χ1n) is 8.06. The number of carbonyl (C=O) groups excluding carboxylic acids is 1.